The molecular formula is C21H20FN3O3S. The van der Waals surface area contributed by atoms with Gasteiger partial charge in [0.2, 0.25) is 5.91 Å². The Balaban J connectivity index is 1.69. The first-order chi connectivity index (χ1) is 13.9. The third-order valence-electron chi connectivity index (χ3n) is 4.17. The molecule has 0 saturated heterocycles. The van der Waals surface area contributed by atoms with E-state index in [1.165, 1.54) is 41.7 Å². The van der Waals surface area contributed by atoms with Crippen LogP contribution in [-0.4, -0.2) is 27.9 Å². The van der Waals surface area contributed by atoms with E-state index >= 15 is 0 Å². The summed E-state index contributed by atoms with van der Waals surface area (Å²) in [6, 6.07) is 20.5. The maximum Gasteiger partial charge on any atom is 0.264 e. The Kier molecular flexibility index (Phi) is 6.13. The van der Waals surface area contributed by atoms with Crippen LogP contribution in [0.15, 0.2) is 83.8 Å². The Bertz CT molecular complexity index is 1100. The molecule has 1 amide bonds. The highest BCUT2D eigenvalue weighted by molar-refractivity contribution is 7.92. The number of nitrogens with zero attached hydrogens (tertiary/aromatic N) is 1. The first-order valence-electron chi connectivity index (χ1n) is 8.79. The Morgan fingerprint density at radius 3 is 2.34 bits per heavy atom. The summed E-state index contributed by atoms with van der Waals surface area (Å²) in [6.45, 7) is -0.0929. The van der Waals surface area contributed by atoms with Crippen LogP contribution in [0.3, 0.4) is 0 Å². The molecule has 3 rings (SSSR count). The standard InChI is InChI=1S/C21H20FN3O3S/c1-25(19-10-3-2-4-11-19)29(27,28)20-12-6-9-18(14-20)24-21(26)15-23-17-8-5-7-16(22)13-17/h2-14,23H,15H2,1H3,(H,24,26). The van der Waals surface area contributed by atoms with Crippen molar-refractivity contribution in [2.75, 3.05) is 28.5 Å². The zero-order chi connectivity index (χ0) is 20.9. The quantitative estimate of drug-likeness (QED) is 0.619. The first kappa shape index (κ1) is 20.3. The molecule has 150 valence electrons. The number of hydrogen-bond acceptors (Lipinski definition) is 4. The van der Waals surface area contributed by atoms with E-state index in [2.05, 4.69) is 10.6 Å². The average molecular weight is 413 g/mol. The summed E-state index contributed by atoms with van der Waals surface area (Å²) >= 11 is 0. The van der Waals surface area contributed by atoms with Crippen molar-refractivity contribution in [1.29, 1.82) is 0 Å². The van der Waals surface area contributed by atoms with Crippen molar-refractivity contribution in [3.05, 3.63) is 84.7 Å². The zero-order valence-electron chi connectivity index (χ0n) is 15.7. The summed E-state index contributed by atoms with van der Waals surface area (Å²) in [5, 5.41) is 5.45. The molecule has 6 nitrogen and oxygen atoms in total. The lowest BCUT2D eigenvalue weighted by molar-refractivity contribution is -0.114. The van der Waals surface area contributed by atoms with Gasteiger partial charge in [-0.25, -0.2) is 12.8 Å². The second-order valence-electron chi connectivity index (χ2n) is 6.25. The maximum absolute atomic E-state index is 13.2. The molecule has 0 aromatic heterocycles. The van der Waals surface area contributed by atoms with Crippen molar-refractivity contribution < 1.29 is 17.6 Å². The van der Waals surface area contributed by atoms with E-state index in [0.717, 1.165) is 0 Å². The van der Waals surface area contributed by atoms with E-state index in [1.54, 1.807) is 48.5 Å². The molecular weight excluding hydrogens is 393 g/mol. The Labute approximate surface area is 169 Å². The van der Waals surface area contributed by atoms with Gasteiger partial charge in [0.1, 0.15) is 5.82 Å². The molecule has 0 aliphatic heterocycles. The lowest BCUT2D eigenvalue weighted by atomic mass is 10.3. The van der Waals surface area contributed by atoms with Crippen LogP contribution in [-0.2, 0) is 14.8 Å². The number of halogens is 1. The van der Waals surface area contributed by atoms with Crippen molar-refractivity contribution in [3.63, 3.8) is 0 Å². The zero-order valence-corrected chi connectivity index (χ0v) is 16.5. The lowest BCUT2D eigenvalue weighted by Crippen LogP contribution is -2.27. The number of hydrogen-bond donors (Lipinski definition) is 2. The molecule has 0 heterocycles. The van der Waals surface area contributed by atoms with Crippen molar-refractivity contribution in [1.82, 2.24) is 0 Å². The van der Waals surface area contributed by atoms with Gasteiger partial charge in [0.25, 0.3) is 10.0 Å². The smallest absolute Gasteiger partial charge is 0.264 e. The maximum atomic E-state index is 13.2. The van der Waals surface area contributed by atoms with Gasteiger partial charge in [0.05, 0.1) is 17.1 Å². The fourth-order valence-corrected chi connectivity index (χ4v) is 3.90. The summed E-state index contributed by atoms with van der Waals surface area (Å²) in [5.41, 5.74) is 1.35. The van der Waals surface area contributed by atoms with Gasteiger partial charge in [0.15, 0.2) is 0 Å². The van der Waals surface area contributed by atoms with Crippen LogP contribution < -0.4 is 14.9 Å². The number of carbonyl (C=O) groups is 1. The third-order valence-corrected chi connectivity index (χ3v) is 5.96. The molecule has 0 aliphatic carbocycles. The largest absolute Gasteiger partial charge is 0.376 e. The van der Waals surface area contributed by atoms with E-state index in [1.807, 2.05) is 0 Å². The van der Waals surface area contributed by atoms with Gasteiger partial charge in [-0.2, -0.15) is 0 Å². The fourth-order valence-electron chi connectivity index (χ4n) is 2.66. The number of sulfonamides is 1. The van der Waals surface area contributed by atoms with E-state index < -0.39 is 15.8 Å². The first-order valence-corrected chi connectivity index (χ1v) is 10.2. The topological polar surface area (TPSA) is 78.5 Å². The van der Waals surface area contributed by atoms with Gasteiger partial charge in [-0.15, -0.1) is 0 Å². The summed E-state index contributed by atoms with van der Waals surface area (Å²) in [6.07, 6.45) is 0. The van der Waals surface area contributed by atoms with E-state index in [4.69, 9.17) is 0 Å². The van der Waals surface area contributed by atoms with Crippen LogP contribution in [0, 0.1) is 5.82 Å². The number of anilines is 3. The molecule has 0 spiro atoms. The number of amides is 1. The van der Waals surface area contributed by atoms with Gasteiger partial charge < -0.3 is 10.6 Å². The summed E-state index contributed by atoms with van der Waals surface area (Å²) < 4.78 is 40.1. The van der Waals surface area contributed by atoms with Gasteiger partial charge in [0, 0.05) is 18.4 Å². The van der Waals surface area contributed by atoms with Crippen LogP contribution in [0.5, 0.6) is 0 Å². The van der Waals surface area contributed by atoms with Crippen molar-refractivity contribution in [2.24, 2.45) is 0 Å². The second kappa shape index (κ2) is 8.74. The molecule has 8 heteroatoms. The van der Waals surface area contributed by atoms with Crippen LogP contribution >= 0.6 is 0 Å². The molecule has 0 saturated carbocycles. The highest BCUT2D eigenvalue weighted by atomic mass is 32.2. The normalized spacial score (nSPS) is 11.0. The van der Waals surface area contributed by atoms with Crippen LogP contribution in [0.25, 0.3) is 0 Å². The predicted octanol–water partition coefficient (Wildman–Crippen LogP) is 3.70. The molecule has 2 N–H and O–H groups in total. The molecule has 29 heavy (non-hydrogen) atoms. The number of benzene rings is 3. The minimum absolute atomic E-state index is 0.0553. The van der Waals surface area contributed by atoms with Crippen LogP contribution in [0.1, 0.15) is 0 Å². The molecule has 0 aliphatic rings. The Hall–Kier alpha value is -3.39. The molecule has 0 bridgehead atoms. The van der Waals surface area contributed by atoms with Crippen LogP contribution in [0.4, 0.5) is 21.5 Å². The summed E-state index contributed by atoms with van der Waals surface area (Å²) in [4.78, 5) is 12.2. The summed E-state index contributed by atoms with van der Waals surface area (Å²) in [5.74, 6) is -0.795. The summed E-state index contributed by atoms with van der Waals surface area (Å²) in [7, 11) is -2.31. The lowest BCUT2D eigenvalue weighted by Gasteiger charge is -2.20. The number of nitrogens with one attached hydrogen (secondary N) is 2. The van der Waals surface area contributed by atoms with Crippen molar-refractivity contribution in [2.45, 2.75) is 4.90 Å². The van der Waals surface area contributed by atoms with Gasteiger partial charge >= 0.3 is 0 Å². The highest BCUT2D eigenvalue weighted by Crippen LogP contribution is 2.23. The number of carbonyl (C=O) groups excluding carboxylic acids is 1. The second-order valence-corrected chi connectivity index (χ2v) is 8.22. The van der Waals surface area contributed by atoms with E-state index in [9.17, 15) is 17.6 Å². The van der Waals surface area contributed by atoms with Gasteiger partial charge in [-0.05, 0) is 48.5 Å². The fraction of sp³-hybridized carbons (Fsp3) is 0.0952. The average Bonchev–Trinajstić information content (AvgIpc) is 2.72. The van der Waals surface area contributed by atoms with Crippen LogP contribution in [0.2, 0.25) is 0 Å². The minimum atomic E-state index is -3.79. The Morgan fingerprint density at radius 2 is 1.62 bits per heavy atom. The monoisotopic (exact) mass is 413 g/mol. The molecule has 0 unspecified atom stereocenters. The molecule has 0 atom stereocenters. The number of rotatable bonds is 7. The number of para-hydroxylation sites is 1. The third kappa shape index (κ3) is 5.11. The van der Waals surface area contributed by atoms with E-state index in [0.29, 0.717) is 17.1 Å². The SMILES string of the molecule is CN(c1ccccc1)S(=O)(=O)c1cccc(NC(=O)CNc2cccc(F)c2)c1. The van der Waals surface area contributed by atoms with Crippen molar-refractivity contribution in [3.8, 4) is 0 Å². The van der Waals surface area contributed by atoms with Gasteiger partial charge in [-0.1, -0.05) is 30.3 Å². The molecule has 0 fully saturated rings. The van der Waals surface area contributed by atoms with Crippen molar-refractivity contribution >= 4 is 33.0 Å². The highest BCUT2D eigenvalue weighted by Gasteiger charge is 2.21. The molecule has 0 radical (unpaired) electrons. The predicted molar refractivity (Wildman–Crippen MR) is 112 cm³/mol. The Morgan fingerprint density at radius 1 is 0.931 bits per heavy atom. The van der Waals surface area contributed by atoms with E-state index in [-0.39, 0.29) is 17.3 Å². The molecule has 3 aromatic rings. The minimum Gasteiger partial charge on any atom is -0.376 e. The molecule has 3 aromatic carbocycles. The van der Waals surface area contributed by atoms with Gasteiger partial charge in [-0.3, -0.25) is 9.10 Å².